The van der Waals surface area contributed by atoms with Crippen molar-refractivity contribution in [2.45, 2.75) is 6.92 Å². The lowest BCUT2D eigenvalue weighted by molar-refractivity contribution is -0.119. The molecule has 0 spiro atoms. The van der Waals surface area contributed by atoms with Gasteiger partial charge in [0.25, 0.3) is 0 Å². The van der Waals surface area contributed by atoms with Crippen LogP contribution < -0.4 is 10.6 Å². The van der Waals surface area contributed by atoms with Crippen molar-refractivity contribution in [2.75, 3.05) is 30.8 Å². The highest BCUT2D eigenvalue weighted by molar-refractivity contribution is 5.96. The van der Waals surface area contributed by atoms with Crippen molar-refractivity contribution in [3.63, 3.8) is 0 Å². The molecule has 2 N–H and O–H groups in total. The SMILES string of the molecule is CC(=O)c1ccc(NC(=O)CN(C)CC(=O)Nc2ccc(F)c(F)c2F)cc1. The number of nitrogens with one attached hydrogen (secondary N) is 2. The van der Waals surface area contributed by atoms with E-state index in [4.69, 9.17) is 0 Å². The van der Waals surface area contributed by atoms with E-state index in [2.05, 4.69) is 10.6 Å². The smallest absolute Gasteiger partial charge is 0.238 e. The molecule has 2 amide bonds. The van der Waals surface area contributed by atoms with Gasteiger partial charge in [0.1, 0.15) is 0 Å². The monoisotopic (exact) mass is 393 g/mol. The van der Waals surface area contributed by atoms with Crippen molar-refractivity contribution in [2.24, 2.45) is 0 Å². The molecule has 0 heterocycles. The van der Waals surface area contributed by atoms with Crippen molar-refractivity contribution in [3.8, 4) is 0 Å². The summed E-state index contributed by atoms with van der Waals surface area (Å²) >= 11 is 0. The van der Waals surface area contributed by atoms with Crippen LogP contribution in [0, 0.1) is 17.5 Å². The summed E-state index contributed by atoms with van der Waals surface area (Å²) in [5, 5.41) is 4.73. The maximum atomic E-state index is 13.6. The van der Waals surface area contributed by atoms with Crippen molar-refractivity contribution in [3.05, 3.63) is 59.4 Å². The average Bonchev–Trinajstić information content (AvgIpc) is 2.62. The van der Waals surface area contributed by atoms with Gasteiger partial charge in [-0.05, 0) is 50.4 Å². The summed E-state index contributed by atoms with van der Waals surface area (Å²) < 4.78 is 39.6. The molecule has 0 saturated heterocycles. The average molecular weight is 393 g/mol. The quantitative estimate of drug-likeness (QED) is 0.560. The lowest BCUT2D eigenvalue weighted by Gasteiger charge is -2.16. The number of hydrogen-bond acceptors (Lipinski definition) is 4. The Hall–Kier alpha value is -3.20. The van der Waals surface area contributed by atoms with Crippen LogP contribution in [0.4, 0.5) is 24.5 Å². The summed E-state index contributed by atoms with van der Waals surface area (Å²) in [5.41, 5.74) is 0.500. The van der Waals surface area contributed by atoms with Crippen LogP contribution >= 0.6 is 0 Å². The van der Waals surface area contributed by atoms with Gasteiger partial charge in [-0.2, -0.15) is 0 Å². The molecule has 0 fully saturated rings. The number of nitrogens with zero attached hydrogens (tertiary/aromatic N) is 1. The van der Waals surface area contributed by atoms with E-state index < -0.39 is 35.0 Å². The maximum absolute atomic E-state index is 13.6. The molecule has 2 aromatic carbocycles. The summed E-state index contributed by atoms with van der Waals surface area (Å²) in [7, 11) is 1.49. The highest BCUT2D eigenvalue weighted by Gasteiger charge is 2.17. The van der Waals surface area contributed by atoms with Gasteiger partial charge in [0, 0.05) is 11.3 Å². The number of Topliss-reactive ketones (excluding diaryl/α,β-unsaturated/α-hetero) is 1. The molecule has 0 aromatic heterocycles. The number of hydrogen-bond donors (Lipinski definition) is 2. The van der Waals surface area contributed by atoms with Gasteiger partial charge in [-0.15, -0.1) is 0 Å². The standard InChI is InChI=1S/C19H18F3N3O3/c1-11(26)12-3-5-13(6-4-12)23-16(27)9-25(2)10-17(28)24-15-8-7-14(20)18(21)19(15)22/h3-8H,9-10H2,1-2H3,(H,23,27)(H,24,28). The second-order valence-electron chi connectivity index (χ2n) is 6.13. The Kier molecular flexibility index (Phi) is 6.89. The molecule has 0 unspecified atom stereocenters. The first-order valence-corrected chi connectivity index (χ1v) is 8.20. The molecule has 0 aliphatic carbocycles. The van der Waals surface area contributed by atoms with Crippen molar-refractivity contribution in [1.29, 1.82) is 0 Å². The number of rotatable bonds is 7. The summed E-state index contributed by atoms with van der Waals surface area (Å²) in [6.45, 7) is 0.997. The van der Waals surface area contributed by atoms with Gasteiger partial charge in [-0.25, -0.2) is 13.2 Å². The lowest BCUT2D eigenvalue weighted by Crippen LogP contribution is -2.36. The van der Waals surface area contributed by atoms with E-state index in [1.807, 2.05) is 0 Å². The van der Waals surface area contributed by atoms with E-state index >= 15 is 0 Å². The molecule has 2 rings (SSSR count). The molecule has 0 bridgehead atoms. The Morgan fingerprint density at radius 3 is 2.00 bits per heavy atom. The summed E-state index contributed by atoms with van der Waals surface area (Å²) in [6, 6.07) is 7.91. The second kappa shape index (κ2) is 9.14. The van der Waals surface area contributed by atoms with Crippen LogP contribution in [0.1, 0.15) is 17.3 Å². The molecule has 28 heavy (non-hydrogen) atoms. The third kappa shape index (κ3) is 5.65. The summed E-state index contributed by atoms with van der Waals surface area (Å²) in [4.78, 5) is 36.5. The first-order chi connectivity index (χ1) is 13.2. The predicted molar refractivity (Wildman–Crippen MR) is 97.5 cm³/mol. The molecule has 0 atom stereocenters. The third-order valence-corrected chi connectivity index (χ3v) is 3.71. The zero-order valence-corrected chi connectivity index (χ0v) is 15.2. The molecular formula is C19H18F3N3O3. The molecular weight excluding hydrogens is 375 g/mol. The summed E-state index contributed by atoms with van der Waals surface area (Å²) in [5.74, 6) is -5.75. The zero-order chi connectivity index (χ0) is 20.8. The van der Waals surface area contributed by atoms with Crippen LogP contribution in [0.2, 0.25) is 0 Å². The molecule has 6 nitrogen and oxygen atoms in total. The number of ketones is 1. The van der Waals surface area contributed by atoms with Gasteiger partial charge < -0.3 is 10.6 Å². The Bertz CT molecular complexity index is 901. The van der Waals surface area contributed by atoms with Crippen molar-refractivity contribution in [1.82, 2.24) is 4.90 Å². The highest BCUT2D eigenvalue weighted by atomic mass is 19.2. The van der Waals surface area contributed by atoms with Gasteiger partial charge in [-0.1, -0.05) is 0 Å². The topological polar surface area (TPSA) is 78.5 Å². The Labute approximate surface area is 159 Å². The van der Waals surface area contributed by atoms with Crippen LogP contribution in [0.15, 0.2) is 36.4 Å². The number of halogens is 3. The van der Waals surface area contributed by atoms with Crippen LogP contribution in [0.25, 0.3) is 0 Å². The fourth-order valence-corrected chi connectivity index (χ4v) is 2.35. The van der Waals surface area contributed by atoms with E-state index in [1.165, 1.54) is 18.9 Å². The van der Waals surface area contributed by atoms with Crippen molar-refractivity contribution < 1.29 is 27.6 Å². The number of carbonyl (C=O) groups is 3. The highest BCUT2D eigenvalue weighted by Crippen LogP contribution is 2.19. The Morgan fingerprint density at radius 1 is 0.857 bits per heavy atom. The largest absolute Gasteiger partial charge is 0.325 e. The van der Waals surface area contributed by atoms with Crippen LogP contribution in [0.3, 0.4) is 0 Å². The minimum absolute atomic E-state index is 0.0962. The van der Waals surface area contributed by atoms with Gasteiger partial charge in [0.05, 0.1) is 18.8 Å². The first kappa shape index (κ1) is 21.1. The van der Waals surface area contributed by atoms with Crippen LogP contribution in [-0.4, -0.2) is 42.6 Å². The van der Waals surface area contributed by atoms with E-state index in [-0.39, 0.29) is 18.9 Å². The van der Waals surface area contributed by atoms with E-state index in [0.717, 1.165) is 6.07 Å². The Balaban J connectivity index is 1.86. The Morgan fingerprint density at radius 2 is 1.43 bits per heavy atom. The van der Waals surface area contributed by atoms with Crippen LogP contribution in [-0.2, 0) is 9.59 Å². The van der Waals surface area contributed by atoms with Crippen molar-refractivity contribution >= 4 is 29.0 Å². The van der Waals surface area contributed by atoms with E-state index in [0.29, 0.717) is 17.3 Å². The lowest BCUT2D eigenvalue weighted by atomic mass is 10.1. The van der Waals surface area contributed by atoms with Gasteiger partial charge in [0.15, 0.2) is 23.2 Å². The predicted octanol–water partition coefficient (Wildman–Crippen LogP) is 2.82. The van der Waals surface area contributed by atoms with Gasteiger partial charge in [-0.3, -0.25) is 19.3 Å². The summed E-state index contributed by atoms with van der Waals surface area (Å²) in [6.07, 6.45) is 0. The van der Waals surface area contributed by atoms with E-state index in [1.54, 1.807) is 24.3 Å². The van der Waals surface area contributed by atoms with E-state index in [9.17, 15) is 27.6 Å². The number of carbonyl (C=O) groups excluding carboxylic acids is 3. The molecule has 0 radical (unpaired) electrons. The zero-order valence-electron chi connectivity index (χ0n) is 15.2. The van der Waals surface area contributed by atoms with Crippen LogP contribution in [0.5, 0.6) is 0 Å². The molecule has 148 valence electrons. The van der Waals surface area contributed by atoms with Gasteiger partial charge in [0.2, 0.25) is 11.8 Å². The number of benzene rings is 2. The minimum atomic E-state index is -1.68. The molecule has 0 aliphatic rings. The fourth-order valence-electron chi connectivity index (χ4n) is 2.35. The molecule has 0 saturated carbocycles. The number of amides is 2. The normalized spacial score (nSPS) is 10.6. The third-order valence-electron chi connectivity index (χ3n) is 3.71. The maximum Gasteiger partial charge on any atom is 0.238 e. The number of anilines is 2. The number of likely N-dealkylation sites (N-methyl/N-ethyl adjacent to an activating group) is 1. The molecule has 0 aliphatic heterocycles. The minimum Gasteiger partial charge on any atom is -0.325 e. The first-order valence-electron chi connectivity index (χ1n) is 8.20. The molecule has 2 aromatic rings. The molecule has 9 heteroatoms. The fraction of sp³-hybridized carbons (Fsp3) is 0.211. The van der Waals surface area contributed by atoms with Gasteiger partial charge >= 0.3 is 0 Å². The second-order valence-corrected chi connectivity index (χ2v) is 6.13.